The van der Waals surface area contributed by atoms with Gasteiger partial charge in [-0.3, -0.25) is 4.79 Å². The number of amides is 1. The Labute approximate surface area is 125 Å². The van der Waals surface area contributed by atoms with E-state index in [0.717, 1.165) is 26.1 Å². The number of carbonyl (C=O) groups is 1. The molecular formula is C16H22N2O3. The number of likely N-dealkylation sites (tertiary alicyclic amines) is 1. The van der Waals surface area contributed by atoms with E-state index in [9.17, 15) is 4.79 Å². The van der Waals surface area contributed by atoms with E-state index < -0.39 is 0 Å². The van der Waals surface area contributed by atoms with Crippen molar-refractivity contribution in [2.75, 3.05) is 33.9 Å². The summed E-state index contributed by atoms with van der Waals surface area (Å²) in [6.45, 7) is 2.76. The van der Waals surface area contributed by atoms with E-state index in [2.05, 4.69) is 5.32 Å². The Balaban J connectivity index is 1.87. The molecule has 2 saturated heterocycles. The van der Waals surface area contributed by atoms with Gasteiger partial charge in [-0.25, -0.2) is 0 Å². The van der Waals surface area contributed by atoms with Gasteiger partial charge in [0.15, 0.2) is 0 Å². The molecule has 3 rings (SSSR count). The maximum Gasteiger partial charge on any atom is 0.254 e. The number of carbonyl (C=O) groups excluding carboxylic acids is 1. The Hall–Kier alpha value is -1.75. The molecule has 1 amide bonds. The number of rotatable bonds is 3. The lowest BCUT2D eigenvalue weighted by molar-refractivity contribution is 0.0574. The minimum atomic E-state index is 0.0746. The van der Waals surface area contributed by atoms with Crippen LogP contribution in [0.2, 0.25) is 0 Å². The van der Waals surface area contributed by atoms with Crippen molar-refractivity contribution in [3.8, 4) is 11.5 Å². The Morgan fingerprint density at radius 1 is 1.19 bits per heavy atom. The first-order valence-corrected chi connectivity index (χ1v) is 7.47. The summed E-state index contributed by atoms with van der Waals surface area (Å²) >= 11 is 0. The summed E-state index contributed by atoms with van der Waals surface area (Å²) in [6.07, 6.45) is 2.29. The van der Waals surface area contributed by atoms with Gasteiger partial charge in [0, 0.05) is 37.3 Å². The third-order valence-corrected chi connectivity index (χ3v) is 4.54. The molecule has 0 saturated carbocycles. The molecular weight excluding hydrogens is 268 g/mol. The number of benzene rings is 1. The Morgan fingerprint density at radius 3 is 2.57 bits per heavy atom. The van der Waals surface area contributed by atoms with Crippen molar-refractivity contribution in [1.82, 2.24) is 10.2 Å². The summed E-state index contributed by atoms with van der Waals surface area (Å²) in [4.78, 5) is 14.9. The third-order valence-electron chi connectivity index (χ3n) is 4.54. The van der Waals surface area contributed by atoms with Gasteiger partial charge in [-0.1, -0.05) is 0 Å². The molecule has 1 aromatic carbocycles. The van der Waals surface area contributed by atoms with E-state index in [1.807, 2.05) is 4.90 Å². The van der Waals surface area contributed by atoms with Gasteiger partial charge in [-0.05, 0) is 30.9 Å². The van der Waals surface area contributed by atoms with Gasteiger partial charge in [-0.2, -0.15) is 0 Å². The first-order valence-electron chi connectivity index (χ1n) is 7.47. The number of fused-ring (bicyclic) bond motifs is 1. The van der Waals surface area contributed by atoms with Crippen molar-refractivity contribution < 1.29 is 14.3 Å². The summed E-state index contributed by atoms with van der Waals surface area (Å²) in [5.74, 6) is 1.97. The van der Waals surface area contributed by atoms with Gasteiger partial charge in [0.2, 0.25) is 0 Å². The van der Waals surface area contributed by atoms with Gasteiger partial charge in [0.1, 0.15) is 11.5 Å². The van der Waals surface area contributed by atoms with Crippen LogP contribution in [0.3, 0.4) is 0 Å². The second kappa shape index (κ2) is 5.93. The first-order chi connectivity index (χ1) is 10.2. The van der Waals surface area contributed by atoms with Crippen LogP contribution in [-0.4, -0.2) is 50.7 Å². The zero-order valence-electron chi connectivity index (χ0n) is 12.6. The molecule has 0 spiro atoms. The second-order valence-corrected chi connectivity index (χ2v) is 5.73. The van der Waals surface area contributed by atoms with Gasteiger partial charge in [0.25, 0.3) is 5.91 Å². The van der Waals surface area contributed by atoms with E-state index in [1.54, 1.807) is 32.4 Å². The van der Waals surface area contributed by atoms with Crippen molar-refractivity contribution in [1.29, 1.82) is 0 Å². The fourth-order valence-electron chi connectivity index (χ4n) is 3.42. The molecule has 2 unspecified atom stereocenters. The highest BCUT2D eigenvalue weighted by Gasteiger charge is 2.37. The van der Waals surface area contributed by atoms with Crippen LogP contribution in [0.4, 0.5) is 0 Å². The summed E-state index contributed by atoms with van der Waals surface area (Å²) < 4.78 is 10.5. The Bertz CT molecular complexity index is 510. The predicted molar refractivity (Wildman–Crippen MR) is 80.0 cm³/mol. The average Bonchev–Trinajstić information content (AvgIpc) is 3.02. The maximum absolute atomic E-state index is 12.9. The largest absolute Gasteiger partial charge is 0.497 e. The standard InChI is InChI=1S/C16H22N2O3/c1-20-13-6-12(7-14(8-13)21-2)16(19)18-5-3-4-11-9-17-10-15(11)18/h6-8,11,15,17H,3-5,9-10H2,1-2H3. The number of piperidine rings is 1. The van der Waals surface area contributed by atoms with Crippen LogP contribution in [0.15, 0.2) is 18.2 Å². The predicted octanol–water partition coefficient (Wildman–Crippen LogP) is 1.53. The van der Waals surface area contributed by atoms with Crippen molar-refractivity contribution in [3.05, 3.63) is 23.8 Å². The summed E-state index contributed by atoms with van der Waals surface area (Å²) in [5.41, 5.74) is 0.638. The van der Waals surface area contributed by atoms with Crippen LogP contribution >= 0.6 is 0 Å². The lowest BCUT2D eigenvalue weighted by Gasteiger charge is -2.37. The van der Waals surface area contributed by atoms with Crippen LogP contribution in [0, 0.1) is 5.92 Å². The highest BCUT2D eigenvalue weighted by Crippen LogP contribution is 2.29. The molecule has 1 aromatic rings. The molecule has 0 bridgehead atoms. The van der Waals surface area contributed by atoms with Crippen molar-refractivity contribution in [2.45, 2.75) is 18.9 Å². The molecule has 0 aliphatic carbocycles. The SMILES string of the molecule is COc1cc(OC)cc(C(=O)N2CCCC3CNCC32)c1. The van der Waals surface area contributed by atoms with Crippen molar-refractivity contribution in [2.24, 2.45) is 5.92 Å². The molecule has 21 heavy (non-hydrogen) atoms. The minimum absolute atomic E-state index is 0.0746. The molecule has 2 aliphatic heterocycles. The summed E-state index contributed by atoms with van der Waals surface area (Å²) in [7, 11) is 3.20. The summed E-state index contributed by atoms with van der Waals surface area (Å²) in [6, 6.07) is 5.68. The van der Waals surface area contributed by atoms with Crippen LogP contribution in [0.25, 0.3) is 0 Å². The molecule has 2 heterocycles. The maximum atomic E-state index is 12.9. The topological polar surface area (TPSA) is 50.8 Å². The molecule has 114 valence electrons. The minimum Gasteiger partial charge on any atom is -0.497 e. The fraction of sp³-hybridized carbons (Fsp3) is 0.562. The van der Waals surface area contributed by atoms with Crippen LogP contribution in [-0.2, 0) is 0 Å². The zero-order valence-corrected chi connectivity index (χ0v) is 12.6. The highest BCUT2D eigenvalue weighted by atomic mass is 16.5. The van der Waals surface area contributed by atoms with Gasteiger partial charge in [0.05, 0.1) is 14.2 Å². The van der Waals surface area contributed by atoms with E-state index in [1.165, 1.54) is 6.42 Å². The molecule has 0 aromatic heterocycles. The van der Waals surface area contributed by atoms with Gasteiger partial charge >= 0.3 is 0 Å². The van der Waals surface area contributed by atoms with E-state index in [-0.39, 0.29) is 5.91 Å². The molecule has 0 radical (unpaired) electrons. The zero-order chi connectivity index (χ0) is 14.8. The van der Waals surface area contributed by atoms with Gasteiger partial charge < -0.3 is 19.7 Å². The highest BCUT2D eigenvalue weighted by molar-refractivity contribution is 5.95. The molecule has 2 atom stereocenters. The number of nitrogens with one attached hydrogen (secondary N) is 1. The third kappa shape index (κ3) is 2.70. The fourth-order valence-corrected chi connectivity index (χ4v) is 3.42. The Morgan fingerprint density at radius 2 is 1.90 bits per heavy atom. The quantitative estimate of drug-likeness (QED) is 0.917. The van der Waals surface area contributed by atoms with Crippen LogP contribution in [0.1, 0.15) is 23.2 Å². The van der Waals surface area contributed by atoms with E-state index in [4.69, 9.17) is 9.47 Å². The van der Waals surface area contributed by atoms with Crippen molar-refractivity contribution >= 4 is 5.91 Å². The molecule has 5 nitrogen and oxygen atoms in total. The Kier molecular flexibility index (Phi) is 4.01. The normalized spacial score (nSPS) is 24.6. The number of methoxy groups -OCH3 is 2. The van der Waals surface area contributed by atoms with E-state index >= 15 is 0 Å². The number of nitrogens with zero attached hydrogens (tertiary/aromatic N) is 1. The van der Waals surface area contributed by atoms with Crippen LogP contribution in [0.5, 0.6) is 11.5 Å². The van der Waals surface area contributed by atoms with Gasteiger partial charge in [-0.15, -0.1) is 0 Å². The monoisotopic (exact) mass is 290 g/mol. The molecule has 1 N–H and O–H groups in total. The average molecular weight is 290 g/mol. The lowest BCUT2D eigenvalue weighted by atomic mass is 9.91. The number of hydrogen-bond donors (Lipinski definition) is 1. The first kappa shape index (κ1) is 14.2. The second-order valence-electron chi connectivity index (χ2n) is 5.73. The number of hydrogen-bond acceptors (Lipinski definition) is 4. The van der Waals surface area contributed by atoms with Crippen LogP contribution < -0.4 is 14.8 Å². The lowest BCUT2D eigenvalue weighted by Crippen LogP contribution is -2.48. The number of ether oxygens (including phenoxy) is 2. The molecule has 5 heteroatoms. The summed E-state index contributed by atoms with van der Waals surface area (Å²) in [5, 5.41) is 3.40. The smallest absolute Gasteiger partial charge is 0.254 e. The van der Waals surface area contributed by atoms with E-state index in [0.29, 0.717) is 29.0 Å². The van der Waals surface area contributed by atoms with Crippen molar-refractivity contribution in [3.63, 3.8) is 0 Å². The molecule has 2 aliphatic rings. The molecule has 2 fully saturated rings.